The van der Waals surface area contributed by atoms with Crippen molar-refractivity contribution in [1.82, 2.24) is 19.8 Å². The van der Waals surface area contributed by atoms with Crippen molar-refractivity contribution in [2.45, 2.75) is 65.0 Å². The average Bonchev–Trinajstić information content (AvgIpc) is 3.36. The largest absolute Gasteiger partial charge is 0.465 e. The van der Waals surface area contributed by atoms with Gasteiger partial charge < -0.3 is 25.2 Å². The fraction of sp³-hybridized carbons (Fsp3) is 0.433. The number of aromatic nitrogens is 2. The minimum Gasteiger partial charge on any atom is -0.465 e. The van der Waals surface area contributed by atoms with Crippen LogP contribution in [0.5, 0.6) is 0 Å². The normalized spacial score (nSPS) is 15.1. The zero-order valence-electron chi connectivity index (χ0n) is 22.8. The summed E-state index contributed by atoms with van der Waals surface area (Å²) in [5, 5.41) is 24.0. The van der Waals surface area contributed by atoms with Crippen molar-refractivity contribution in [3.05, 3.63) is 59.6 Å². The molecule has 1 saturated heterocycles. The molecule has 1 aliphatic heterocycles. The number of carboxylic acid groups (broad SMARTS) is 1. The van der Waals surface area contributed by atoms with Crippen LogP contribution in [0.2, 0.25) is 0 Å². The zero-order chi connectivity index (χ0) is 27.3. The summed E-state index contributed by atoms with van der Waals surface area (Å²) in [5.74, 6) is 0. The van der Waals surface area contributed by atoms with E-state index in [1.807, 2.05) is 45.2 Å². The number of rotatable bonds is 8. The van der Waals surface area contributed by atoms with E-state index in [4.69, 9.17) is 0 Å². The topological polar surface area (TPSA) is 108 Å². The molecule has 4 rings (SSSR count). The van der Waals surface area contributed by atoms with Gasteiger partial charge in [-0.25, -0.2) is 4.79 Å². The maximum absolute atomic E-state index is 11.8. The van der Waals surface area contributed by atoms with E-state index >= 15 is 0 Å². The number of nitrogens with one attached hydrogen (secondary N) is 2. The van der Waals surface area contributed by atoms with Gasteiger partial charge in [-0.05, 0) is 83.7 Å². The van der Waals surface area contributed by atoms with Crippen molar-refractivity contribution in [3.8, 4) is 6.07 Å². The number of unbranched alkanes of at least 4 members (excludes halogenated alkanes) is 1. The van der Waals surface area contributed by atoms with Gasteiger partial charge >= 0.3 is 6.09 Å². The molecule has 3 heterocycles. The van der Waals surface area contributed by atoms with Gasteiger partial charge in [-0.2, -0.15) is 5.26 Å². The van der Waals surface area contributed by atoms with Crippen LogP contribution in [-0.4, -0.2) is 62.2 Å². The highest BCUT2D eigenvalue weighted by Gasteiger charge is 2.34. The molecule has 1 aliphatic rings. The van der Waals surface area contributed by atoms with Crippen LogP contribution < -0.4 is 5.32 Å². The Kier molecular flexibility index (Phi) is 8.38. The van der Waals surface area contributed by atoms with Gasteiger partial charge in [0, 0.05) is 65.4 Å². The first-order valence-electron chi connectivity index (χ1n) is 13.3. The number of nitriles is 1. The Morgan fingerprint density at radius 3 is 2.74 bits per heavy atom. The molecule has 200 valence electrons. The summed E-state index contributed by atoms with van der Waals surface area (Å²) >= 11 is 0. The molecule has 8 nitrogen and oxygen atoms in total. The van der Waals surface area contributed by atoms with Crippen LogP contribution in [-0.2, 0) is 0 Å². The fourth-order valence-electron chi connectivity index (χ4n) is 5.42. The molecular weight excluding hydrogens is 476 g/mol. The lowest BCUT2D eigenvalue weighted by molar-refractivity contribution is 0.0421. The standard InChI is InChI=1S/C30H38N6O2/c1-21-25-11-14-33-27(25)10-9-26(21)34-28-22(19-32-20-23(28)18-31)8-6-5-7-15-35-16-12-24(13-17-35)36(29(37)38)30(2,3)4/h6,8-11,14,19-20,24,33H,5,7,12-13,15-17H2,1-4H3,(H,32,34)(H,37,38). The van der Waals surface area contributed by atoms with Crippen molar-refractivity contribution in [2.75, 3.05) is 25.0 Å². The van der Waals surface area contributed by atoms with Crippen molar-refractivity contribution in [1.29, 1.82) is 5.26 Å². The van der Waals surface area contributed by atoms with Gasteiger partial charge in [0.05, 0.1) is 11.3 Å². The second kappa shape index (κ2) is 11.7. The summed E-state index contributed by atoms with van der Waals surface area (Å²) in [7, 11) is 0. The quantitative estimate of drug-likeness (QED) is 0.295. The third-order valence-corrected chi connectivity index (χ3v) is 7.35. The number of carbonyl (C=O) groups is 1. The maximum Gasteiger partial charge on any atom is 0.407 e. The molecule has 1 aromatic carbocycles. The first kappa shape index (κ1) is 27.2. The lowest BCUT2D eigenvalue weighted by atomic mass is 9.97. The van der Waals surface area contributed by atoms with E-state index < -0.39 is 6.09 Å². The number of allylic oxidation sites excluding steroid dienone is 1. The number of hydrogen-bond donors (Lipinski definition) is 3. The van der Waals surface area contributed by atoms with E-state index in [9.17, 15) is 15.2 Å². The molecule has 3 aromatic rings. The first-order valence-corrected chi connectivity index (χ1v) is 13.3. The highest BCUT2D eigenvalue weighted by Crippen LogP contribution is 2.31. The van der Waals surface area contributed by atoms with Crippen molar-refractivity contribution < 1.29 is 9.90 Å². The number of likely N-dealkylation sites (tertiary alicyclic amines) is 1. The number of benzene rings is 1. The van der Waals surface area contributed by atoms with Gasteiger partial charge in [0.15, 0.2) is 0 Å². The van der Waals surface area contributed by atoms with Gasteiger partial charge in [0.1, 0.15) is 6.07 Å². The predicted octanol–water partition coefficient (Wildman–Crippen LogP) is 6.52. The number of H-pyrrole nitrogens is 1. The van der Waals surface area contributed by atoms with E-state index in [1.165, 1.54) is 0 Å². The zero-order valence-corrected chi connectivity index (χ0v) is 22.8. The Balaban J connectivity index is 1.34. The van der Waals surface area contributed by atoms with Gasteiger partial charge in [-0.1, -0.05) is 12.2 Å². The Hall–Kier alpha value is -3.83. The molecule has 3 N–H and O–H groups in total. The second-order valence-corrected chi connectivity index (χ2v) is 11.0. The molecule has 8 heteroatoms. The molecule has 0 unspecified atom stereocenters. The fourth-order valence-corrected chi connectivity index (χ4v) is 5.42. The van der Waals surface area contributed by atoms with Crippen LogP contribution in [0, 0.1) is 18.3 Å². The summed E-state index contributed by atoms with van der Waals surface area (Å²) in [5.41, 5.74) is 4.94. The summed E-state index contributed by atoms with van der Waals surface area (Å²) in [6.07, 6.45) is 12.3. The van der Waals surface area contributed by atoms with Crippen molar-refractivity contribution in [2.24, 2.45) is 0 Å². The maximum atomic E-state index is 11.8. The summed E-state index contributed by atoms with van der Waals surface area (Å²) in [6.45, 7) is 10.8. The minimum atomic E-state index is -0.829. The van der Waals surface area contributed by atoms with Crippen LogP contribution in [0.4, 0.5) is 16.2 Å². The number of pyridine rings is 1. The molecular formula is C30H38N6O2. The van der Waals surface area contributed by atoms with E-state index in [-0.39, 0.29) is 11.6 Å². The number of fused-ring (bicyclic) bond motifs is 1. The van der Waals surface area contributed by atoms with E-state index in [0.29, 0.717) is 5.56 Å². The number of aromatic amines is 1. The molecule has 0 saturated carbocycles. The van der Waals surface area contributed by atoms with E-state index in [1.54, 1.807) is 17.3 Å². The Bertz CT molecular complexity index is 1340. The van der Waals surface area contributed by atoms with Gasteiger partial charge in [0.2, 0.25) is 0 Å². The molecule has 38 heavy (non-hydrogen) atoms. The van der Waals surface area contributed by atoms with Crippen molar-refractivity contribution in [3.63, 3.8) is 0 Å². The molecule has 0 radical (unpaired) electrons. The monoisotopic (exact) mass is 514 g/mol. The molecule has 0 spiro atoms. The number of amides is 1. The van der Waals surface area contributed by atoms with Crippen LogP contribution in [0.25, 0.3) is 17.0 Å². The molecule has 0 bridgehead atoms. The summed E-state index contributed by atoms with van der Waals surface area (Å²) < 4.78 is 0. The molecule has 2 aromatic heterocycles. The summed E-state index contributed by atoms with van der Waals surface area (Å²) in [4.78, 5) is 23.3. The van der Waals surface area contributed by atoms with Gasteiger partial charge in [-0.3, -0.25) is 4.98 Å². The Morgan fingerprint density at radius 2 is 2.05 bits per heavy atom. The summed E-state index contributed by atoms with van der Waals surface area (Å²) in [6, 6.07) is 8.48. The van der Waals surface area contributed by atoms with Crippen LogP contribution in [0.3, 0.4) is 0 Å². The third kappa shape index (κ3) is 6.17. The number of aryl methyl sites for hydroxylation is 1. The lowest BCUT2D eigenvalue weighted by Gasteiger charge is -2.43. The molecule has 1 fully saturated rings. The number of piperidine rings is 1. The van der Waals surface area contributed by atoms with Gasteiger partial charge in [0.25, 0.3) is 0 Å². The Labute approximate surface area is 225 Å². The molecule has 0 atom stereocenters. The minimum absolute atomic E-state index is 0.0797. The van der Waals surface area contributed by atoms with Crippen LogP contribution in [0.1, 0.15) is 63.1 Å². The highest BCUT2D eigenvalue weighted by molar-refractivity contribution is 5.89. The number of hydrogen-bond acceptors (Lipinski definition) is 5. The highest BCUT2D eigenvalue weighted by atomic mass is 16.4. The van der Waals surface area contributed by atoms with Crippen LogP contribution >= 0.6 is 0 Å². The number of anilines is 2. The Morgan fingerprint density at radius 1 is 1.29 bits per heavy atom. The third-order valence-electron chi connectivity index (χ3n) is 7.35. The predicted molar refractivity (Wildman–Crippen MR) is 153 cm³/mol. The number of nitrogens with zero attached hydrogens (tertiary/aromatic N) is 4. The van der Waals surface area contributed by atoms with Crippen LogP contribution in [0.15, 0.2) is 42.9 Å². The average molecular weight is 515 g/mol. The lowest BCUT2D eigenvalue weighted by Crippen LogP contribution is -2.54. The van der Waals surface area contributed by atoms with E-state index in [0.717, 1.165) is 78.7 Å². The first-order chi connectivity index (χ1) is 18.2. The van der Waals surface area contributed by atoms with E-state index in [2.05, 4.69) is 45.3 Å². The van der Waals surface area contributed by atoms with Crippen molar-refractivity contribution >= 4 is 34.4 Å². The molecule has 0 aliphatic carbocycles. The smallest absolute Gasteiger partial charge is 0.407 e. The second-order valence-electron chi connectivity index (χ2n) is 11.0. The SMILES string of the molecule is Cc1c(Nc2c(C#N)cncc2C=CCCCN2CCC(N(C(=O)O)C(C)(C)C)CC2)ccc2[nH]ccc12. The van der Waals surface area contributed by atoms with Gasteiger partial charge in [-0.15, -0.1) is 0 Å². The molecule has 1 amide bonds.